The first kappa shape index (κ1) is 10.5. The predicted octanol–water partition coefficient (Wildman–Crippen LogP) is 1.99. The maximum atomic E-state index is 5.63. The van der Waals surface area contributed by atoms with E-state index in [2.05, 4.69) is 26.2 Å². The molecule has 1 atom stereocenters. The van der Waals surface area contributed by atoms with Crippen molar-refractivity contribution in [1.82, 2.24) is 4.98 Å². The highest BCUT2D eigenvalue weighted by atomic mass is 79.9. The Labute approximate surface area is 86.9 Å². The minimum Gasteiger partial charge on any atom is -0.384 e. The average molecular weight is 244 g/mol. The van der Waals surface area contributed by atoms with Crippen molar-refractivity contribution in [3.05, 3.63) is 22.9 Å². The standard InChI is InChI=1S/C9H14BrN3/c1-7(11)2-5-13-9-3-4-12-6-8(9)10/h3-4,6-7H,2,5,11H2,1H3,(H,12,13). The maximum absolute atomic E-state index is 5.63. The summed E-state index contributed by atoms with van der Waals surface area (Å²) in [6.45, 7) is 2.89. The van der Waals surface area contributed by atoms with Crippen molar-refractivity contribution >= 4 is 21.6 Å². The first-order valence-corrected chi connectivity index (χ1v) is 5.08. The zero-order chi connectivity index (χ0) is 9.68. The summed E-state index contributed by atoms with van der Waals surface area (Å²) in [5, 5.41) is 3.28. The third-order valence-corrected chi connectivity index (χ3v) is 2.32. The Morgan fingerprint density at radius 3 is 3.08 bits per heavy atom. The van der Waals surface area contributed by atoms with Gasteiger partial charge in [-0.3, -0.25) is 4.98 Å². The highest BCUT2D eigenvalue weighted by Gasteiger charge is 1.98. The van der Waals surface area contributed by atoms with Crippen LogP contribution in [0.3, 0.4) is 0 Å². The molecular weight excluding hydrogens is 230 g/mol. The predicted molar refractivity (Wildman–Crippen MR) is 58.7 cm³/mol. The Balaban J connectivity index is 2.41. The van der Waals surface area contributed by atoms with Crippen LogP contribution in [0.25, 0.3) is 0 Å². The second kappa shape index (κ2) is 5.19. The molecule has 72 valence electrons. The van der Waals surface area contributed by atoms with E-state index < -0.39 is 0 Å². The van der Waals surface area contributed by atoms with E-state index in [-0.39, 0.29) is 6.04 Å². The lowest BCUT2D eigenvalue weighted by atomic mass is 10.2. The molecule has 0 aliphatic rings. The van der Waals surface area contributed by atoms with Crippen molar-refractivity contribution in [1.29, 1.82) is 0 Å². The van der Waals surface area contributed by atoms with Gasteiger partial charge in [-0.25, -0.2) is 0 Å². The second-order valence-corrected chi connectivity index (χ2v) is 3.90. The molecule has 3 N–H and O–H groups in total. The number of nitrogens with zero attached hydrogens (tertiary/aromatic N) is 1. The monoisotopic (exact) mass is 243 g/mol. The molecule has 4 heteroatoms. The molecule has 0 fully saturated rings. The molecule has 0 amide bonds. The minimum atomic E-state index is 0.244. The fourth-order valence-corrected chi connectivity index (χ4v) is 1.34. The van der Waals surface area contributed by atoms with Crippen molar-refractivity contribution < 1.29 is 0 Å². The van der Waals surface area contributed by atoms with Crippen molar-refractivity contribution in [3.63, 3.8) is 0 Å². The van der Waals surface area contributed by atoms with E-state index in [1.165, 1.54) is 0 Å². The maximum Gasteiger partial charge on any atom is 0.0590 e. The first-order valence-electron chi connectivity index (χ1n) is 4.29. The molecule has 1 heterocycles. The molecular formula is C9H14BrN3. The van der Waals surface area contributed by atoms with Gasteiger partial charge in [0.25, 0.3) is 0 Å². The third-order valence-electron chi connectivity index (χ3n) is 1.69. The van der Waals surface area contributed by atoms with Gasteiger partial charge in [0, 0.05) is 25.0 Å². The van der Waals surface area contributed by atoms with Crippen molar-refractivity contribution in [2.24, 2.45) is 5.73 Å². The van der Waals surface area contributed by atoms with Crippen LogP contribution in [0.1, 0.15) is 13.3 Å². The molecule has 0 saturated carbocycles. The normalized spacial score (nSPS) is 12.5. The summed E-state index contributed by atoms with van der Waals surface area (Å²) in [5.41, 5.74) is 6.70. The molecule has 3 nitrogen and oxygen atoms in total. The van der Waals surface area contributed by atoms with Gasteiger partial charge in [-0.05, 0) is 35.3 Å². The number of aromatic nitrogens is 1. The molecule has 1 unspecified atom stereocenters. The summed E-state index contributed by atoms with van der Waals surface area (Å²) < 4.78 is 0.986. The van der Waals surface area contributed by atoms with Gasteiger partial charge in [0.05, 0.1) is 10.2 Å². The van der Waals surface area contributed by atoms with Crippen LogP contribution in [-0.4, -0.2) is 17.6 Å². The fraction of sp³-hybridized carbons (Fsp3) is 0.444. The zero-order valence-corrected chi connectivity index (χ0v) is 9.21. The van der Waals surface area contributed by atoms with E-state index in [9.17, 15) is 0 Å². The van der Waals surface area contributed by atoms with Gasteiger partial charge >= 0.3 is 0 Å². The third kappa shape index (κ3) is 3.74. The number of hydrogen-bond acceptors (Lipinski definition) is 3. The van der Waals surface area contributed by atoms with Gasteiger partial charge in [-0.2, -0.15) is 0 Å². The van der Waals surface area contributed by atoms with E-state index in [1.807, 2.05) is 13.0 Å². The largest absolute Gasteiger partial charge is 0.384 e. The van der Waals surface area contributed by atoms with Crippen molar-refractivity contribution in [2.45, 2.75) is 19.4 Å². The highest BCUT2D eigenvalue weighted by molar-refractivity contribution is 9.10. The number of nitrogens with two attached hydrogens (primary N) is 1. The van der Waals surface area contributed by atoms with Crippen LogP contribution < -0.4 is 11.1 Å². The molecule has 13 heavy (non-hydrogen) atoms. The molecule has 1 rings (SSSR count). The molecule has 0 spiro atoms. The minimum absolute atomic E-state index is 0.244. The molecule has 0 saturated heterocycles. The molecule has 1 aromatic heterocycles. The van der Waals surface area contributed by atoms with Gasteiger partial charge in [-0.1, -0.05) is 0 Å². The molecule has 0 bridgehead atoms. The van der Waals surface area contributed by atoms with Crippen LogP contribution in [0, 0.1) is 0 Å². The van der Waals surface area contributed by atoms with Crippen LogP contribution in [0.5, 0.6) is 0 Å². The molecule has 0 radical (unpaired) electrons. The van der Waals surface area contributed by atoms with E-state index in [0.717, 1.165) is 23.1 Å². The molecule has 0 aliphatic heterocycles. The van der Waals surface area contributed by atoms with Gasteiger partial charge < -0.3 is 11.1 Å². The summed E-state index contributed by atoms with van der Waals surface area (Å²) in [5.74, 6) is 0. The number of hydrogen-bond donors (Lipinski definition) is 2. The van der Waals surface area contributed by atoms with Crippen LogP contribution in [0.4, 0.5) is 5.69 Å². The van der Waals surface area contributed by atoms with Crippen molar-refractivity contribution in [3.8, 4) is 0 Å². The van der Waals surface area contributed by atoms with Crippen LogP contribution in [0.15, 0.2) is 22.9 Å². The molecule has 1 aromatic rings. The summed E-state index contributed by atoms with van der Waals surface area (Å²) in [4.78, 5) is 3.98. The average Bonchev–Trinajstić information content (AvgIpc) is 2.08. The van der Waals surface area contributed by atoms with E-state index >= 15 is 0 Å². The summed E-state index contributed by atoms with van der Waals surface area (Å²) in [7, 11) is 0. The fourth-order valence-electron chi connectivity index (χ4n) is 0.953. The smallest absolute Gasteiger partial charge is 0.0590 e. The zero-order valence-electron chi connectivity index (χ0n) is 7.63. The van der Waals surface area contributed by atoms with E-state index in [0.29, 0.717) is 0 Å². The van der Waals surface area contributed by atoms with Gasteiger partial charge in [0.15, 0.2) is 0 Å². The Kier molecular flexibility index (Phi) is 4.18. The Morgan fingerprint density at radius 1 is 1.69 bits per heavy atom. The number of pyridine rings is 1. The summed E-state index contributed by atoms with van der Waals surface area (Å²) >= 11 is 3.41. The van der Waals surface area contributed by atoms with Gasteiger partial charge in [-0.15, -0.1) is 0 Å². The van der Waals surface area contributed by atoms with Gasteiger partial charge in [0.2, 0.25) is 0 Å². The SMILES string of the molecule is CC(N)CCNc1ccncc1Br. The lowest BCUT2D eigenvalue weighted by molar-refractivity contribution is 0.690. The van der Waals surface area contributed by atoms with Gasteiger partial charge in [0.1, 0.15) is 0 Å². The Hall–Kier alpha value is -0.610. The summed E-state index contributed by atoms with van der Waals surface area (Å²) in [6, 6.07) is 2.18. The summed E-state index contributed by atoms with van der Waals surface area (Å²) in [6.07, 6.45) is 4.50. The van der Waals surface area contributed by atoms with Crippen LogP contribution in [-0.2, 0) is 0 Å². The number of halogens is 1. The topological polar surface area (TPSA) is 50.9 Å². The molecule has 0 aliphatic carbocycles. The van der Waals surface area contributed by atoms with E-state index in [4.69, 9.17) is 5.73 Å². The number of rotatable bonds is 4. The number of nitrogens with one attached hydrogen (secondary N) is 1. The Morgan fingerprint density at radius 2 is 2.46 bits per heavy atom. The second-order valence-electron chi connectivity index (χ2n) is 3.05. The lowest BCUT2D eigenvalue weighted by Gasteiger charge is -2.09. The highest BCUT2D eigenvalue weighted by Crippen LogP contribution is 2.19. The van der Waals surface area contributed by atoms with E-state index in [1.54, 1.807) is 12.4 Å². The van der Waals surface area contributed by atoms with Crippen LogP contribution >= 0.6 is 15.9 Å². The quantitative estimate of drug-likeness (QED) is 0.851. The van der Waals surface area contributed by atoms with Crippen LogP contribution in [0.2, 0.25) is 0 Å². The molecule has 0 aromatic carbocycles. The first-order chi connectivity index (χ1) is 6.20. The lowest BCUT2D eigenvalue weighted by Crippen LogP contribution is -2.19. The van der Waals surface area contributed by atoms with Crippen molar-refractivity contribution in [2.75, 3.05) is 11.9 Å². The number of anilines is 1. The Bertz CT molecular complexity index is 263.